The summed E-state index contributed by atoms with van der Waals surface area (Å²) in [6.45, 7) is 1.85. The zero-order valence-electron chi connectivity index (χ0n) is 15.7. The molecule has 1 N–H and O–H groups in total. The van der Waals surface area contributed by atoms with Gasteiger partial charge in [0, 0.05) is 21.4 Å². The van der Waals surface area contributed by atoms with Crippen LogP contribution in [0.15, 0.2) is 24.3 Å². The third-order valence-corrected chi connectivity index (χ3v) is 5.47. The standard InChI is InChI=1S/C20H20O6S/c1-10-16(12-6-7-13(23-2)18(22)20(12)27-10)17(21)11-8-14(24-3)19(26-5)15(9-11)25-4/h6-9,22H,1-5H3. The molecule has 0 spiro atoms. The van der Waals surface area contributed by atoms with Crippen molar-refractivity contribution in [2.45, 2.75) is 6.92 Å². The van der Waals surface area contributed by atoms with Crippen LogP contribution in [0.3, 0.4) is 0 Å². The zero-order chi connectivity index (χ0) is 19.7. The van der Waals surface area contributed by atoms with Crippen LogP contribution in [0.25, 0.3) is 10.1 Å². The fourth-order valence-corrected chi connectivity index (χ4v) is 4.14. The zero-order valence-corrected chi connectivity index (χ0v) is 16.5. The average Bonchev–Trinajstić information content (AvgIpc) is 3.03. The van der Waals surface area contributed by atoms with Crippen LogP contribution in [0, 0.1) is 6.92 Å². The first-order valence-corrected chi connectivity index (χ1v) is 8.92. The third kappa shape index (κ3) is 3.04. The summed E-state index contributed by atoms with van der Waals surface area (Å²) in [7, 11) is 6.00. The number of ketones is 1. The molecular formula is C20H20O6S. The van der Waals surface area contributed by atoms with Crippen LogP contribution in [0.5, 0.6) is 28.7 Å². The van der Waals surface area contributed by atoms with Crippen LogP contribution in [0.4, 0.5) is 0 Å². The van der Waals surface area contributed by atoms with Gasteiger partial charge in [0.05, 0.1) is 33.1 Å². The maximum atomic E-state index is 13.3. The number of fused-ring (bicyclic) bond motifs is 1. The van der Waals surface area contributed by atoms with E-state index in [9.17, 15) is 9.90 Å². The molecular weight excluding hydrogens is 368 g/mol. The fourth-order valence-electron chi connectivity index (χ4n) is 3.05. The number of ether oxygens (including phenoxy) is 4. The van der Waals surface area contributed by atoms with E-state index in [0.717, 1.165) is 4.88 Å². The first-order chi connectivity index (χ1) is 13.0. The van der Waals surface area contributed by atoms with Gasteiger partial charge in [0.15, 0.2) is 28.8 Å². The Morgan fingerprint density at radius 1 is 0.926 bits per heavy atom. The largest absolute Gasteiger partial charge is 0.503 e. The Balaban J connectivity index is 2.19. The van der Waals surface area contributed by atoms with Crippen LogP contribution >= 0.6 is 11.3 Å². The van der Waals surface area contributed by atoms with Gasteiger partial charge < -0.3 is 24.1 Å². The highest BCUT2D eigenvalue weighted by Gasteiger charge is 2.24. The Kier molecular flexibility index (Phi) is 5.14. The molecule has 0 fully saturated rings. The second-order valence-corrected chi connectivity index (χ2v) is 6.99. The van der Waals surface area contributed by atoms with E-state index in [2.05, 4.69) is 0 Å². The molecule has 2 aromatic carbocycles. The number of aryl methyl sites for hydroxylation is 1. The smallest absolute Gasteiger partial charge is 0.203 e. The lowest BCUT2D eigenvalue weighted by Crippen LogP contribution is -2.05. The first kappa shape index (κ1) is 18.8. The number of phenolic OH excluding ortho intramolecular Hbond substituents is 1. The van der Waals surface area contributed by atoms with Crippen molar-refractivity contribution >= 4 is 27.2 Å². The van der Waals surface area contributed by atoms with Crippen molar-refractivity contribution in [1.82, 2.24) is 0 Å². The van der Waals surface area contributed by atoms with Gasteiger partial charge >= 0.3 is 0 Å². The van der Waals surface area contributed by atoms with E-state index < -0.39 is 0 Å². The molecule has 0 unspecified atom stereocenters. The molecule has 7 heteroatoms. The summed E-state index contributed by atoms with van der Waals surface area (Å²) in [5.74, 6) is 1.44. The lowest BCUT2D eigenvalue weighted by atomic mass is 9.99. The van der Waals surface area contributed by atoms with Crippen molar-refractivity contribution in [3.05, 3.63) is 40.3 Å². The van der Waals surface area contributed by atoms with E-state index in [0.29, 0.717) is 44.2 Å². The Bertz CT molecular complexity index is 996. The van der Waals surface area contributed by atoms with Gasteiger partial charge in [0.2, 0.25) is 5.75 Å². The maximum Gasteiger partial charge on any atom is 0.203 e. The van der Waals surface area contributed by atoms with Gasteiger partial charge in [0.1, 0.15) is 0 Å². The lowest BCUT2D eigenvalue weighted by molar-refractivity contribution is 0.103. The summed E-state index contributed by atoms with van der Waals surface area (Å²) in [6.07, 6.45) is 0. The Labute approximate surface area is 160 Å². The minimum atomic E-state index is -0.192. The number of methoxy groups -OCH3 is 4. The molecule has 0 amide bonds. The number of rotatable bonds is 6. The van der Waals surface area contributed by atoms with E-state index in [-0.39, 0.29) is 11.5 Å². The molecule has 3 rings (SSSR count). The lowest BCUT2D eigenvalue weighted by Gasteiger charge is -2.14. The SMILES string of the molecule is COc1cc(C(=O)c2c(C)sc3c(O)c(OC)ccc23)cc(OC)c1OC. The van der Waals surface area contributed by atoms with E-state index >= 15 is 0 Å². The molecule has 3 aromatic rings. The number of hydrogen-bond donors (Lipinski definition) is 1. The van der Waals surface area contributed by atoms with Crippen LogP contribution in [0.2, 0.25) is 0 Å². The number of aromatic hydroxyl groups is 1. The molecule has 0 aliphatic carbocycles. The predicted molar refractivity (Wildman–Crippen MR) is 104 cm³/mol. The van der Waals surface area contributed by atoms with Crippen molar-refractivity contribution in [3.63, 3.8) is 0 Å². The molecule has 0 saturated carbocycles. The van der Waals surface area contributed by atoms with Gasteiger partial charge in [-0.3, -0.25) is 4.79 Å². The van der Waals surface area contributed by atoms with Gasteiger partial charge in [0.25, 0.3) is 0 Å². The summed E-state index contributed by atoms with van der Waals surface area (Å²) in [4.78, 5) is 14.1. The van der Waals surface area contributed by atoms with E-state index in [1.54, 1.807) is 24.3 Å². The summed E-state index contributed by atoms with van der Waals surface area (Å²) in [5, 5.41) is 11.1. The minimum absolute atomic E-state index is 0.0343. The minimum Gasteiger partial charge on any atom is -0.503 e. The second kappa shape index (κ2) is 7.36. The molecule has 0 bridgehead atoms. The van der Waals surface area contributed by atoms with Crippen LogP contribution in [0.1, 0.15) is 20.8 Å². The third-order valence-electron chi connectivity index (χ3n) is 4.34. The molecule has 0 saturated heterocycles. The number of benzene rings is 2. The highest BCUT2D eigenvalue weighted by Crippen LogP contribution is 2.44. The molecule has 0 atom stereocenters. The number of phenols is 1. The van der Waals surface area contributed by atoms with Crippen molar-refractivity contribution in [2.75, 3.05) is 28.4 Å². The van der Waals surface area contributed by atoms with Gasteiger partial charge in [-0.15, -0.1) is 11.3 Å². The van der Waals surface area contributed by atoms with Crippen molar-refractivity contribution in [2.24, 2.45) is 0 Å². The predicted octanol–water partition coefficient (Wildman–Crippen LogP) is 4.18. The van der Waals surface area contributed by atoms with Crippen LogP contribution in [-0.2, 0) is 0 Å². The number of thiophene rings is 1. The van der Waals surface area contributed by atoms with Crippen molar-refractivity contribution in [1.29, 1.82) is 0 Å². The fraction of sp³-hybridized carbons (Fsp3) is 0.250. The van der Waals surface area contributed by atoms with Gasteiger partial charge in [-0.2, -0.15) is 0 Å². The number of carbonyl (C=O) groups is 1. The number of hydrogen-bond acceptors (Lipinski definition) is 7. The molecule has 0 radical (unpaired) electrons. The summed E-state index contributed by atoms with van der Waals surface area (Å²) >= 11 is 1.35. The van der Waals surface area contributed by atoms with E-state index in [1.807, 2.05) is 6.92 Å². The second-order valence-electron chi connectivity index (χ2n) is 5.77. The molecule has 1 heterocycles. The van der Waals surface area contributed by atoms with Crippen molar-refractivity contribution < 1.29 is 28.8 Å². The van der Waals surface area contributed by atoms with E-state index in [1.165, 1.54) is 39.8 Å². The van der Waals surface area contributed by atoms with Crippen LogP contribution < -0.4 is 18.9 Å². The van der Waals surface area contributed by atoms with Gasteiger partial charge in [-0.25, -0.2) is 0 Å². The highest BCUT2D eigenvalue weighted by atomic mass is 32.1. The highest BCUT2D eigenvalue weighted by molar-refractivity contribution is 7.20. The average molecular weight is 388 g/mol. The molecule has 0 aliphatic rings. The monoisotopic (exact) mass is 388 g/mol. The quantitative estimate of drug-likeness (QED) is 0.639. The Morgan fingerprint density at radius 2 is 1.52 bits per heavy atom. The number of carbonyl (C=O) groups excluding carboxylic acids is 1. The van der Waals surface area contributed by atoms with Crippen LogP contribution in [-0.4, -0.2) is 39.3 Å². The Morgan fingerprint density at radius 3 is 2.04 bits per heavy atom. The molecule has 1 aromatic heterocycles. The summed E-state index contributed by atoms with van der Waals surface area (Å²) in [6, 6.07) is 6.67. The van der Waals surface area contributed by atoms with Gasteiger partial charge in [-0.1, -0.05) is 0 Å². The summed E-state index contributed by atoms with van der Waals surface area (Å²) < 4.78 is 21.8. The topological polar surface area (TPSA) is 74.2 Å². The molecule has 142 valence electrons. The Hall–Kier alpha value is -2.93. The van der Waals surface area contributed by atoms with Crippen molar-refractivity contribution in [3.8, 4) is 28.7 Å². The first-order valence-electron chi connectivity index (χ1n) is 8.10. The molecule has 6 nitrogen and oxygen atoms in total. The molecule has 0 aliphatic heterocycles. The molecule has 27 heavy (non-hydrogen) atoms. The maximum absolute atomic E-state index is 13.3. The van der Waals surface area contributed by atoms with E-state index in [4.69, 9.17) is 18.9 Å². The summed E-state index contributed by atoms with van der Waals surface area (Å²) in [5.41, 5.74) is 0.935. The van der Waals surface area contributed by atoms with Gasteiger partial charge in [-0.05, 0) is 31.2 Å². The normalized spacial score (nSPS) is 10.7.